The second-order valence-corrected chi connectivity index (χ2v) is 9.03. The van der Waals surface area contributed by atoms with Crippen LogP contribution in [0.5, 0.6) is 0 Å². The summed E-state index contributed by atoms with van der Waals surface area (Å²) in [5, 5.41) is 8.35. The van der Waals surface area contributed by atoms with Crippen LogP contribution in [-0.2, 0) is 17.5 Å². The molecule has 0 saturated carbocycles. The number of aromatic nitrogens is 5. The van der Waals surface area contributed by atoms with E-state index in [1.54, 1.807) is 35.9 Å². The first-order chi connectivity index (χ1) is 16.5. The van der Waals surface area contributed by atoms with E-state index in [1.165, 1.54) is 10.6 Å². The zero-order chi connectivity index (χ0) is 25.5. The Morgan fingerprint density at radius 1 is 1.23 bits per heavy atom. The molecule has 190 valence electrons. The number of aryl methyl sites for hydroxylation is 1. The van der Waals surface area contributed by atoms with Crippen molar-refractivity contribution in [2.75, 3.05) is 25.2 Å². The first-order valence-electron chi connectivity index (χ1n) is 11.4. The van der Waals surface area contributed by atoms with Crippen molar-refractivity contribution in [2.24, 2.45) is 0 Å². The smallest absolute Gasteiger partial charge is 0.381 e. The second kappa shape index (κ2) is 9.48. The molecule has 1 saturated heterocycles. The molecule has 35 heavy (non-hydrogen) atoms. The second-order valence-electron chi connectivity index (χ2n) is 9.03. The zero-order valence-electron chi connectivity index (χ0n) is 20.0. The van der Waals surface area contributed by atoms with Crippen molar-refractivity contribution in [3.8, 4) is 5.69 Å². The summed E-state index contributed by atoms with van der Waals surface area (Å²) >= 11 is 0. The summed E-state index contributed by atoms with van der Waals surface area (Å²) in [6.45, 7) is 6.55. The molecule has 3 heterocycles. The normalized spacial score (nSPS) is 15.2. The van der Waals surface area contributed by atoms with E-state index in [9.17, 15) is 18.0 Å². The van der Waals surface area contributed by atoms with Gasteiger partial charge in [0.25, 0.3) is 0 Å². The van der Waals surface area contributed by atoms with Crippen molar-refractivity contribution >= 4 is 5.69 Å². The molecule has 0 N–H and O–H groups in total. The fourth-order valence-corrected chi connectivity index (χ4v) is 4.20. The number of halogens is 4. The number of rotatable bonds is 6. The predicted molar refractivity (Wildman–Crippen MR) is 121 cm³/mol. The Kier molecular flexibility index (Phi) is 6.76. The minimum absolute atomic E-state index is 0.0725. The van der Waals surface area contributed by atoms with Crippen molar-refractivity contribution in [3.05, 3.63) is 57.8 Å². The van der Waals surface area contributed by atoms with Gasteiger partial charge in [-0.1, -0.05) is 0 Å². The average Bonchev–Trinajstić information content (AvgIpc) is 3.39. The number of anilines is 1. The lowest BCUT2D eigenvalue weighted by Crippen LogP contribution is -2.37. The van der Waals surface area contributed by atoms with E-state index in [0.717, 1.165) is 6.07 Å². The molecule has 0 radical (unpaired) electrons. The molecule has 0 bridgehead atoms. The van der Waals surface area contributed by atoms with Crippen LogP contribution in [0.2, 0.25) is 0 Å². The van der Waals surface area contributed by atoms with Gasteiger partial charge in [0.05, 0.1) is 18.3 Å². The van der Waals surface area contributed by atoms with Gasteiger partial charge in [-0.25, -0.2) is 9.18 Å². The molecule has 1 fully saturated rings. The molecule has 0 spiro atoms. The van der Waals surface area contributed by atoms with Gasteiger partial charge < -0.3 is 9.64 Å². The molecule has 8 nitrogen and oxygen atoms in total. The molecule has 0 unspecified atom stereocenters. The van der Waals surface area contributed by atoms with E-state index in [0.29, 0.717) is 36.3 Å². The van der Waals surface area contributed by atoms with Crippen LogP contribution in [0.15, 0.2) is 29.3 Å². The number of nitrogens with zero attached hydrogens (tertiary/aromatic N) is 6. The Morgan fingerprint density at radius 2 is 1.91 bits per heavy atom. The van der Waals surface area contributed by atoms with Crippen LogP contribution < -0.4 is 10.6 Å². The summed E-state index contributed by atoms with van der Waals surface area (Å²) < 4.78 is 65.6. The summed E-state index contributed by atoms with van der Waals surface area (Å²) in [5.74, 6) is -1.30. The van der Waals surface area contributed by atoms with Crippen molar-refractivity contribution < 1.29 is 22.3 Å². The summed E-state index contributed by atoms with van der Waals surface area (Å²) in [5.41, 5.74) is -1.86. The van der Waals surface area contributed by atoms with E-state index in [1.807, 2.05) is 13.8 Å². The maximum Gasteiger partial charge on any atom is 0.419 e. The number of ether oxygens (including phenoxy) is 1. The third-order valence-corrected chi connectivity index (χ3v) is 6.29. The molecule has 0 atom stereocenters. The quantitative estimate of drug-likeness (QED) is 0.484. The maximum atomic E-state index is 15.2. The van der Waals surface area contributed by atoms with Crippen LogP contribution in [0, 0.1) is 12.7 Å². The fraction of sp³-hybridized carbons (Fsp3) is 0.522. The van der Waals surface area contributed by atoms with Crippen molar-refractivity contribution in [1.29, 1.82) is 0 Å². The van der Waals surface area contributed by atoms with E-state index in [2.05, 4.69) is 10.2 Å². The van der Waals surface area contributed by atoms with Gasteiger partial charge in [0.2, 0.25) is 0 Å². The van der Waals surface area contributed by atoms with E-state index >= 15 is 4.39 Å². The molecule has 12 heteroatoms. The topological polar surface area (TPSA) is 70.1 Å². The largest absolute Gasteiger partial charge is 0.419 e. The molecular weight excluding hydrogens is 468 g/mol. The third kappa shape index (κ3) is 4.97. The average molecular weight is 497 g/mol. The minimum Gasteiger partial charge on any atom is -0.381 e. The summed E-state index contributed by atoms with van der Waals surface area (Å²) in [4.78, 5) is 14.9. The van der Waals surface area contributed by atoms with Crippen molar-refractivity contribution in [3.63, 3.8) is 0 Å². The SMILES string of the molecule is Cc1nn(-c2cc(N(C)C3CCOCC3)cc(C(F)(F)F)c2F)c(=O)n1Cc1cnn(C(C)C)c1. The maximum absolute atomic E-state index is 15.2. The molecule has 1 aromatic carbocycles. The Bertz CT molecular complexity index is 1250. The first kappa shape index (κ1) is 25.0. The highest BCUT2D eigenvalue weighted by Gasteiger charge is 2.37. The van der Waals surface area contributed by atoms with Crippen molar-refractivity contribution in [1.82, 2.24) is 24.1 Å². The van der Waals surface area contributed by atoms with Gasteiger partial charge >= 0.3 is 11.9 Å². The Morgan fingerprint density at radius 3 is 2.51 bits per heavy atom. The van der Waals surface area contributed by atoms with Gasteiger partial charge in [0.1, 0.15) is 11.5 Å². The van der Waals surface area contributed by atoms with E-state index < -0.39 is 28.9 Å². The lowest BCUT2D eigenvalue weighted by molar-refractivity contribution is -0.139. The lowest BCUT2D eigenvalue weighted by atomic mass is 10.1. The molecule has 0 amide bonds. The molecular formula is C23H28F4N6O2. The lowest BCUT2D eigenvalue weighted by Gasteiger charge is -2.33. The summed E-state index contributed by atoms with van der Waals surface area (Å²) in [6.07, 6.45) is -0.308. The third-order valence-electron chi connectivity index (χ3n) is 6.29. The fourth-order valence-electron chi connectivity index (χ4n) is 4.20. The Labute approximate surface area is 199 Å². The van der Waals surface area contributed by atoms with Gasteiger partial charge in [-0.3, -0.25) is 9.25 Å². The molecule has 3 aromatic rings. The van der Waals surface area contributed by atoms with Gasteiger partial charge in [0.15, 0.2) is 5.82 Å². The highest BCUT2D eigenvalue weighted by molar-refractivity contribution is 5.57. The first-order valence-corrected chi connectivity index (χ1v) is 11.4. The molecule has 1 aliphatic heterocycles. The zero-order valence-corrected chi connectivity index (χ0v) is 20.0. The number of benzene rings is 1. The Hall–Kier alpha value is -3.15. The van der Waals surface area contributed by atoms with Crippen LogP contribution in [0.4, 0.5) is 23.2 Å². The van der Waals surface area contributed by atoms with Crippen LogP contribution in [-0.4, -0.2) is 50.4 Å². The van der Waals surface area contributed by atoms with E-state index in [4.69, 9.17) is 4.74 Å². The molecule has 4 rings (SSSR count). The van der Waals surface area contributed by atoms with Gasteiger partial charge in [0, 0.05) is 49.8 Å². The van der Waals surface area contributed by atoms with Crippen LogP contribution in [0.1, 0.15) is 49.7 Å². The van der Waals surface area contributed by atoms with Gasteiger partial charge in [-0.2, -0.15) is 28.1 Å². The molecule has 0 aliphatic carbocycles. The van der Waals surface area contributed by atoms with E-state index in [-0.39, 0.29) is 30.1 Å². The number of hydrogen-bond acceptors (Lipinski definition) is 5. The Balaban J connectivity index is 1.78. The van der Waals surface area contributed by atoms with Crippen LogP contribution in [0.25, 0.3) is 5.69 Å². The number of alkyl halides is 3. The van der Waals surface area contributed by atoms with Crippen LogP contribution in [0.3, 0.4) is 0 Å². The number of hydrogen-bond donors (Lipinski definition) is 0. The van der Waals surface area contributed by atoms with Gasteiger partial charge in [-0.05, 0) is 45.7 Å². The van der Waals surface area contributed by atoms with Crippen molar-refractivity contribution in [2.45, 2.75) is 58.4 Å². The minimum atomic E-state index is -4.95. The van der Waals surface area contributed by atoms with Gasteiger partial charge in [-0.15, -0.1) is 0 Å². The monoisotopic (exact) mass is 496 g/mol. The summed E-state index contributed by atoms with van der Waals surface area (Å²) in [6, 6.07) is 2.07. The predicted octanol–water partition coefficient (Wildman–Crippen LogP) is 3.94. The summed E-state index contributed by atoms with van der Waals surface area (Å²) in [7, 11) is 1.66. The standard InChI is InChI=1S/C23H28F4N6O2/c1-14(2)32-13-16(11-28-32)12-31-15(3)29-33(22(31)34)20-10-18(9-19(21(20)24)23(25,26)27)30(4)17-5-7-35-8-6-17/h9-11,13-14,17H,5-8,12H2,1-4H3. The molecule has 1 aliphatic rings. The highest BCUT2D eigenvalue weighted by atomic mass is 19.4. The van der Waals surface area contributed by atoms with Crippen LogP contribution >= 0.6 is 0 Å². The molecule has 2 aromatic heterocycles. The highest BCUT2D eigenvalue weighted by Crippen LogP contribution is 2.37.